The van der Waals surface area contributed by atoms with Gasteiger partial charge in [0.2, 0.25) is 0 Å². The van der Waals surface area contributed by atoms with E-state index in [4.69, 9.17) is 4.98 Å². The van der Waals surface area contributed by atoms with Crippen molar-refractivity contribution < 1.29 is 4.79 Å². The molecular weight excluding hydrogens is 486 g/mol. The van der Waals surface area contributed by atoms with Crippen LogP contribution >= 0.6 is 27.3 Å². The van der Waals surface area contributed by atoms with E-state index in [0.29, 0.717) is 17.2 Å². The van der Waals surface area contributed by atoms with E-state index in [2.05, 4.69) is 26.0 Å². The molecule has 3 aromatic heterocycles. The predicted molar refractivity (Wildman–Crippen MR) is 130 cm³/mol. The molecular formula is C24H18BrN5OS. The molecule has 3 heterocycles. The van der Waals surface area contributed by atoms with Crippen LogP contribution in [0.5, 0.6) is 0 Å². The van der Waals surface area contributed by atoms with Crippen LogP contribution in [-0.4, -0.2) is 25.7 Å². The molecule has 0 atom stereocenters. The number of carbonyl (C=O) groups excluding carboxylic acids is 1. The first-order chi connectivity index (χ1) is 15.6. The number of rotatable bonds is 5. The van der Waals surface area contributed by atoms with E-state index < -0.39 is 0 Å². The second kappa shape index (κ2) is 8.64. The van der Waals surface area contributed by atoms with Gasteiger partial charge in [-0.15, -0.1) is 0 Å². The van der Waals surface area contributed by atoms with Crippen LogP contribution in [-0.2, 0) is 6.54 Å². The Balaban J connectivity index is 1.57. The quantitative estimate of drug-likeness (QED) is 0.304. The van der Waals surface area contributed by atoms with Crippen LogP contribution in [0.3, 0.4) is 0 Å². The van der Waals surface area contributed by atoms with E-state index in [1.807, 2.05) is 67.6 Å². The zero-order valence-electron chi connectivity index (χ0n) is 17.1. The number of para-hydroxylation sites is 1. The van der Waals surface area contributed by atoms with Crippen LogP contribution in [0.1, 0.15) is 21.6 Å². The molecule has 0 N–H and O–H groups in total. The third-order valence-electron chi connectivity index (χ3n) is 5.12. The van der Waals surface area contributed by atoms with Crippen LogP contribution in [0.2, 0.25) is 0 Å². The van der Waals surface area contributed by atoms with Crippen molar-refractivity contribution in [2.24, 2.45) is 0 Å². The first-order valence-corrected chi connectivity index (χ1v) is 11.6. The molecule has 0 bridgehead atoms. The summed E-state index contributed by atoms with van der Waals surface area (Å²) in [5, 5.41) is 5.12. The number of carbonyl (C=O) groups is 1. The number of hydrogen-bond acceptors (Lipinski definition) is 5. The van der Waals surface area contributed by atoms with Crippen molar-refractivity contribution >= 4 is 48.5 Å². The van der Waals surface area contributed by atoms with Gasteiger partial charge in [-0.25, -0.2) is 9.67 Å². The van der Waals surface area contributed by atoms with Crippen molar-refractivity contribution in [2.45, 2.75) is 13.5 Å². The molecule has 5 rings (SSSR count). The minimum Gasteiger partial charge on any atom is -0.279 e. The SMILES string of the molecule is Cc1c(C(=O)N(Cc2cccnc2)c2nc3ccc(Br)cc3s2)cnn1-c1ccccc1. The normalized spacial score (nSPS) is 11.1. The third-order valence-corrected chi connectivity index (χ3v) is 6.65. The lowest BCUT2D eigenvalue weighted by molar-refractivity contribution is 0.0984. The number of anilines is 1. The summed E-state index contributed by atoms with van der Waals surface area (Å²) in [6, 6.07) is 19.5. The summed E-state index contributed by atoms with van der Waals surface area (Å²) in [4.78, 5) is 24.4. The topological polar surface area (TPSA) is 63.9 Å². The molecule has 0 spiro atoms. The Kier molecular flexibility index (Phi) is 5.55. The number of thiazole rings is 1. The lowest BCUT2D eigenvalue weighted by atomic mass is 10.2. The maximum absolute atomic E-state index is 13.8. The highest BCUT2D eigenvalue weighted by molar-refractivity contribution is 9.10. The highest BCUT2D eigenvalue weighted by Crippen LogP contribution is 2.33. The summed E-state index contributed by atoms with van der Waals surface area (Å²) >= 11 is 5.00. The minimum absolute atomic E-state index is 0.147. The Morgan fingerprint density at radius 3 is 2.72 bits per heavy atom. The third kappa shape index (κ3) is 3.94. The molecule has 8 heteroatoms. The molecule has 0 unspecified atom stereocenters. The highest BCUT2D eigenvalue weighted by atomic mass is 79.9. The van der Waals surface area contributed by atoms with Crippen molar-refractivity contribution in [3.05, 3.63) is 101 Å². The molecule has 0 radical (unpaired) electrons. The number of aromatic nitrogens is 4. The first kappa shape index (κ1) is 20.5. The summed E-state index contributed by atoms with van der Waals surface area (Å²) in [5.74, 6) is -0.147. The minimum atomic E-state index is -0.147. The number of fused-ring (bicyclic) bond motifs is 1. The fourth-order valence-electron chi connectivity index (χ4n) is 3.50. The van der Waals surface area contributed by atoms with Gasteiger partial charge in [-0.05, 0) is 48.9 Å². The van der Waals surface area contributed by atoms with Crippen molar-refractivity contribution in [3.8, 4) is 5.69 Å². The smallest absolute Gasteiger partial charge is 0.263 e. The van der Waals surface area contributed by atoms with Crippen LogP contribution in [0.25, 0.3) is 15.9 Å². The van der Waals surface area contributed by atoms with Gasteiger partial charge in [-0.3, -0.25) is 14.7 Å². The van der Waals surface area contributed by atoms with Gasteiger partial charge in [0.1, 0.15) is 0 Å². The zero-order chi connectivity index (χ0) is 22.1. The van der Waals surface area contributed by atoms with Crippen molar-refractivity contribution in [3.63, 3.8) is 0 Å². The Bertz CT molecular complexity index is 1400. The molecule has 5 aromatic rings. The van der Waals surface area contributed by atoms with Gasteiger partial charge in [0.25, 0.3) is 5.91 Å². The molecule has 0 aliphatic heterocycles. The van der Waals surface area contributed by atoms with Gasteiger partial charge in [-0.1, -0.05) is 51.5 Å². The lowest BCUT2D eigenvalue weighted by Crippen LogP contribution is -2.30. The molecule has 1 amide bonds. The molecule has 0 aliphatic rings. The summed E-state index contributed by atoms with van der Waals surface area (Å²) in [6.45, 7) is 2.27. The summed E-state index contributed by atoms with van der Waals surface area (Å²) in [7, 11) is 0. The highest BCUT2D eigenvalue weighted by Gasteiger charge is 2.25. The number of hydrogen-bond donors (Lipinski definition) is 0. The molecule has 0 saturated heterocycles. The maximum Gasteiger partial charge on any atom is 0.263 e. The van der Waals surface area contributed by atoms with Gasteiger partial charge in [-0.2, -0.15) is 5.10 Å². The Hall–Kier alpha value is -3.36. The second-order valence-electron chi connectivity index (χ2n) is 7.25. The number of nitrogens with zero attached hydrogens (tertiary/aromatic N) is 5. The predicted octanol–water partition coefficient (Wildman–Crippen LogP) is 5.79. The van der Waals surface area contributed by atoms with Gasteiger partial charge in [0.15, 0.2) is 5.13 Å². The van der Waals surface area contributed by atoms with Gasteiger partial charge < -0.3 is 0 Å². The average molecular weight is 504 g/mol. The fraction of sp³-hybridized carbons (Fsp3) is 0.0833. The fourth-order valence-corrected chi connectivity index (χ4v) is 5.01. The molecule has 32 heavy (non-hydrogen) atoms. The van der Waals surface area contributed by atoms with E-state index in [-0.39, 0.29) is 5.91 Å². The summed E-state index contributed by atoms with van der Waals surface area (Å²) in [6.07, 6.45) is 5.12. The number of benzene rings is 2. The van der Waals surface area contributed by atoms with E-state index in [1.54, 1.807) is 28.2 Å². The Morgan fingerprint density at radius 2 is 1.94 bits per heavy atom. The standard InChI is InChI=1S/C24H18BrN5OS/c1-16-20(14-27-30(16)19-7-3-2-4-8-19)23(31)29(15-17-6-5-11-26-13-17)24-28-21-10-9-18(25)12-22(21)32-24/h2-14H,15H2,1H3. The van der Waals surface area contributed by atoms with E-state index >= 15 is 0 Å². The maximum atomic E-state index is 13.8. The average Bonchev–Trinajstić information content (AvgIpc) is 3.41. The largest absolute Gasteiger partial charge is 0.279 e. The van der Waals surface area contributed by atoms with E-state index in [1.165, 1.54) is 11.3 Å². The monoisotopic (exact) mass is 503 g/mol. The number of pyridine rings is 1. The van der Waals surface area contributed by atoms with Crippen molar-refractivity contribution in [1.82, 2.24) is 19.7 Å². The van der Waals surface area contributed by atoms with Crippen LogP contribution in [0, 0.1) is 6.92 Å². The lowest BCUT2D eigenvalue weighted by Gasteiger charge is -2.19. The summed E-state index contributed by atoms with van der Waals surface area (Å²) in [5.41, 5.74) is 4.01. The molecule has 0 aliphatic carbocycles. The van der Waals surface area contributed by atoms with Crippen molar-refractivity contribution in [1.29, 1.82) is 0 Å². The Labute approximate surface area is 197 Å². The Morgan fingerprint density at radius 1 is 1.09 bits per heavy atom. The van der Waals surface area contributed by atoms with E-state index in [9.17, 15) is 4.79 Å². The molecule has 0 saturated carbocycles. The zero-order valence-corrected chi connectivity index (χ0v) is 19.5. The van der Waals surface area contributed by atoms with Gasteiger partial charge in [0.05, 0.1) is 39.9 Å². The van der Waals surface area contributed by atoms with E-state index in [0.717, 1.165) is 31.6 Å². The van der Waals surface area contributed by atoms with Crippen LogP contribution in [0.15, 0.2) is 83.7 Å². The molecule has 2 aromatic carbocycles. The number of amides is 1. The second-order valence-corrected chi connectivity index (χ2v) is 9.18. The van der Waals surface area contributed by atoms with Crippen LogP contribution < -0.4 is 4.90 Å². The van der Waals surface area contributed by atoms with Gasteiger partial charge >= 0.3 is 0 Å². The molecule has 158 valence electrons. The number of halogens is 1. The first-order valence-electron chi connectivity index (χ1n) is 9.97. The summed E-state index contributed by atoms with van der Waals surface area (Å²) < 4.78 is 3.77. The molecule has 0 fully saturated rings. The van der Waals surface area contributed by atoms with Crippen LogP contribution in [0.4, 0.5) is 5.13 Å². The van der Waals surface area contributed by atoms with Gasteiger partial charge in [0, 0.05) is 16.9 Å². The molecule has 6 nitrogen and oxygen atoms in total. The van der Waals surface area contributed by atoms with Crippen molar-refractivity contribution in [2.75, 3.05) is 4.90 Å².